The van der Waals surface area contributed by atoms with Crippen molar-refractivity contribution < 1.29 is 14.5 Å². The van der Waals surface area contributed by atoms with Crippen LogP contribution in [0.1, 0.15) is 35.5 Å². The lowest BCUT2D eigenvalue weighted by Gasteiger charge is -2.09. The molecule has 1 amide bonds. The van der Waals surface area contributed by atoms with Gasteiger partial charge < -0.3 is 14.9 Å². The number of benzene rings is 2. The Labute approximate surface area is 173 Å². The number of nitrogens with zero attached hydrogens (tertiary/aromatic N) is 4. The van der Waals surface area contributed by atoms with Gasteiger partial charge in [0.05, 0.1) is 30.0 Å². The van der Waals surface area contributed by atoms with Crippen LogP contribution in [0.4, 0.5) is 5.82 Å². The van der Waals surface area contributed by atoms with Gasteiger partial charge in [0.15, 0.2) is 5.69 Å². The van der Waals surface area contributed by atoms with Crippen molar-refractivity contribution in [2.24, 2.45) is 5.10 Å². The number of ether oxygens (including phenoxy) is 1. The van der Waals surface area contributed by atoms with Crippen molar-refractivity contribution in [3.05, 3.63) is 87.6 Å². The average Bonchev–Trinajstić information content (AvgIpc) is 3.14. The van der Waals surface area contributed by atoms with Gasteiger partial charge in [-0.2, -0.15) is 9.78 Å². The molecule has 30 heavy (non-hydrogen) atoms. The summed E-state index contributed by atoms with van der Waals surface area (Å²) in [7, 11) is 0. The summed E-state index contributed by atoms with van der Waals surface area (Å²) in [6.45, 7) is 4.11. The van der Waals surface area contributed by atoms with Gasteiger partial charge in [0.25, 0.3) is 5.91 Å². The molecule has 0 aliphatic heterocycles. The first kappa shape index (κ1) is 20.7. The highest BCUT2D eigenvalue weighted by atomic mass is 16.6. The Morgan fingerprint density at radius 3 is 2.57 bits per heavy atom. The summed E-state index contributed by atoms with van der Waals surface area (Å²) in [5, 5.41) is 18.9. The maximum atomic E-state index is 12.5. The lowest BCUT2D eigenvalue weighted by molar-refractivity contribution is -0.389. The van der Waals surface area contributed by atoms with Crippen LogP contribution < -0.4 is 10.2 Å². The second-order valence-corrected chi connectivity index (χ2v) is 6.72. The van der Waals surface area contributed by atoms with E-state index < -0.39 is 16.6 Å². The molecule has 9 heteroatoms. The quantitative estimate of drug-likeness (QED) is 0.349. The second-order valence-electron chi connectivity index (χ2n) is 6.72. The number of hydrogen-bond acceptors (Lipinski definition) is 6. The van der Waals surface area contributed by atoms with E-state index in [1.807, 2.05) is 56.3 Å². The highest BCUT2D eigenvalue weighted by molar-refractivity contribution is 5.93. The first-order valence-corrected chi connectivity index (χ1v) is 9.28. The third-order valence-electron chi connectivity index (χ3n) is 3.99. The molecule has 1 heterocycles. The van der Waals surface area contributed by atoms with Crippen LogP contribution in [0, 0.1) is 10.1 Å². The molecule has 0 saturated heterocycles. The molecule has 0 atom stereocenters. The molecule has 0 radical (unpaired) electrons. The van der Waals surface area contributed by atoms with Crippen molar-refractivity contribution in [3.8, 4) is 5.75 Å². The van der Waals surface area contributed by atoms with E-state index in [0.29, 0.717) is 0 Å². The number of aromatic nitrogens is 2. The van der Waals surface area contributed by atoms with E-state index in [1.165, 1.54) is 10.9 Å². The smallest absolute Gasteiger partial charge is 0.390 e. The first-order chi connectivity index (χ1) is 14.4. The molecule has 1 aromatic heterocycles. The molecule has 0 aliphatic rings. The number of rotatable bonds is 8. The Hall–Kier alpha value is -4.01. The van der Waals surface area contributed by atoms with Gasteiger partial charge in [0.2, 0.25) is 0 Å². The molecule has 0 aliphatic carbocycles. The maximum absolute atomic E-state index is 12.5. The second kappa shape index (κ2) is 9.46. The Morgan fingerprint density at radius 1 is 1.23 bits per heavy atom. The number of nitro groups is 1. The lowest BCUT2D eigenvalue weighted by Crippen LogP contribution is -2.22. The number of amides is 1. The molecular weight excluding hydrogens is 386 g/mol. The summed E-state index contributed by atoms with van der Waals surface area (Å²) < 4.78 is 6.86. The molecule has 2 aromatic carbocycles. The largest absolute Gasteiger partial charge is 0.491 e. The lowest BCUT2D eigenvalue weighted by atomic mass is 10.2. The number of carbonyl (C=O) groups is 1. The van der Waals surface area contributed by atoms with Gasteiger partial charge in [-0.15, -0.1) is 0 Å². The van der Waals surface area contributed by atoms with Crippen LogP contribution in [-0.2, 0) is 6.54 Å². The summed E-state index contributed by atoms with van der Waals surface area (Å²) in [6.07, 6.45) is 1.55. The fourth-order valence-corrected chi connectivity index (χ4v) is 2.68. The molecule has 0 saturated carbocycles. The average molecular weight is 407 g/mol. The van der Waals surface area contributed by atoms with E-state index in [-0.39, 0.29) is 18.3 Å². The number of hydrogen-bond donors (Lipinski definition) is 1. The molecule has 0 bridgehead atoms. The van der Waals surface area contributed by atoms with Gasteiger partial charge in [-0.3, -0.25) is 4.79 Å². The number of nitrogens with one attached hydrogen (secondary N) is 1. The van der Waals surface area contributed by atoms with Crippen molar-refractivity contribution >= 4 is 17.9 Å². The van der Waals surface area contributed by atoms with E-state index >= 15 is 0 Å². The predicted molar refractivity (Wildman–Crippen MR) is 112 cm³/mol. The van der Waals surface area contributed by atoms with E-state index in [2.05, 4.69) is 15.6 Å². The van der Waals surface area contributed by atoms with Crippen molar-refractivity contribution in [1.29, 1.82) is 0 Å². The molecule has 9 nitrogen and oxygen atoms in total. The van der Waals surface area contributed by atoms with Gasteiger partial charge in [-0.25, -0.2) is 5.43 Å². The monoisotopic (exact) mass is 407 g/mol. The van der Waals surface area contributed by atoms with Crippen LogP contribution in [0.25, 0.3) is 0 Å². The Morgan fingerprint density at radius 2 is 1.93 bits per heavy atom. The zero-order valence-electron chi connectivity index (χ0n) is 16.6. The normalized spacial score (nSPS) is 11.0. The van der Waals surface area contributed by atoms with Crippen LogP contribution in [-0.4, -0.2) is 32.9 Å². The van der Waals surface area contributed by atoms with Crippen LogP contribution in [0.5, 0.6) is 5.75 Å². The fourth-order valence-electron chi connectivity index (χ4n) is 2.68. The van der Waals surface area contributed by atoms with Crippen LogP contribution >= 0.6 is 0 Å². The van der Waals surface area contributed by atoms with Gasteiger partial charge in [-0.1, -0.05) is 30.3 Å². The fraction of sp³-hybridized carbons (Fsp3) is 0.190. The molecule has 0 spiro atoms. The topological polar surface area (TPSA) is 112 Å². The first-order valence-electron chi connectivity index (χ1n) is 9.28. The molecule has 0 fully saturated rings. The van der Waals surface area contributed by atoms with Crippen LogP contribution in [0.3, 0.4) is 0 Å². The van der Waals surface area contributed by atoms with Crippen LogP contribution in [0.2, 0.25) is 0 Å². The van der Waals surface area contributed by atoms with Gasteiger partial charge in [-0.05, 0) is 54.2 Å². The third-order valence-corrected chi connectivity index (χ3v) is 3.99. The Kier molecular flexibility index (Phi) is 6.53. The van der Waals surface area contributed by atoms with Gasteiger partial charge >= 0.3 is 5.82 Å². The zero-order valence-corrected chi connectivity index (χ0v) is 16.6. The molecule has 3 aromatic rings. The SMILES string of the molecule is CC(C)Oc1ccc(C=NNC(=O)c2cc([N+](=O)[O-])nn2Cc2ccccc2)cc1. The predicted octanol–water partition coefficient (Wildman–Crippen LogP) is 3.39. The molecule has 1 N–H and O–H groups in total. The molecular formula is C21H21N5O4. The maximum Gasteiger partial charge on any atom is 0.390 e. The Balaban J connectivity index is 1.71. The Bertz CT molecular complexity index is 1040. The highest BCUT2D eigenvalue weighted by Gasteiger charge is 2.23. The molecule has 0 unspecified atom stereocenters. The molecule has 154 valence electrons. The summed E-state index contributed by atoms with van der Waals surface area (Å²) in [6, 6.07) is 17.6. The number of hydrazone groups is 1. The van der Waals surface area contributed by atoms with E-state index in [0.717, 1.165) is 22.9 Å². The van der Waals surface area contributed by atoms with Crippen molar-refractivity contribution in [2.45, 2.75) is 26.5 Å². The summed E-state index contributed by atoms with van der Waals surface area (Å²) >= 11 is 0. The van der Waals surface area contributed by atoms with Gasteiger partial charge in [0.1, 0.15) is 5.75 Å². The van der Waals surface area contributed by atoms with E-state index in [1.54, 1.807) is 12.1 Å². The third kappa shape index (κ3) is 5.51. The zero-order chi connectivity index (χ0) is 21.5. The summed E-state index contributed by atoms with van der Waals surface area (Å²) in [4.78, 5) is 23.0. The minimum atomic E-state index is -0.637. The van der Waals surface area contributed by atoms with Crippen LogP contribution in [0.15, 0.2) is 65.8 Å². The van der Waals surface area contributed by atoms with Crippen molar-refractivity contribution in [3.63, 3.8) is 0 Å². The molecule has 3 rings (SSSR count). The van der Waals surface area contributed by atoms with Crippen molar-refractivity contribution in [2.75, 3.05) is 0 Å². The van der Waals surface area contributed by atoms with E-state index in [9.17, 15) is 14.9 Å². The standard InChI is InChI=1S/C21H21N5O4/c1-15(2)30-18-10-8-16(9-11-18)13-22-23-21(27)19-12-20(26(28)29)24-25(19)14-17-6-4-3-5-7-17/h3-13,15H,14H2,1-2H3,(H,23,27). The van der Waals surface area contributed by atoms with Crippen molar-refractivity contribution in [1.82, 2.24) is 15.2 Å². The highest BCUT2D eigenvalue weighted by Crippen LogP contribution is 2.15. The number of carbonyl (C=O) groups excluding carboxylic acids is 1. The summed E-state index contributed by atoms with van der Waals surface area (Å²) in [5.74, 6) is -0.258. The minimum Gasteiger partial charge on any atom is -0.491 e. The summed E-state index contributed by atoms with van der Waals surface area (Å²) in [5.41, 5.74) is 4.05. The van der Waals surface area contributed by atoms with Gasteiger partial charge in [0, 0.05) is 0 Å². The minimum absolute atomic E-state index is 0.0448. The van der Waals surface area contributed by atoms with E-state index in [4.69, 9.17) is 4.74 Å².